The molecule has 22 heavy (non-hydrogen) atoms. The molecule has 126 valence electrons. The number of para-hydroxylation sites is 1. The molecule has 0 spiro atoms. The molecule has 1 rings (SSSR count). The molecule has 0 heterocycles. The van der Waals surface area contributed by atoms with Gasteiger partial charge >= 0.3 is 8.80 Å². The molecule has 0 aliphatic carbocycles. The molecule has 0 aromatic heterocycles. The van der Waals surface area contributed by atoms with Gasteiger partial charge in [-0.25, -0.2) is 0 Å². The highest BCUT2D eigenvalue weighted by molar-refractivity contribution is 6.60. The number of benzene rings is 1. The number of aliphatic hydroxyl groups is 1. The quantitative estimate of drug-likeness (QED) is 0.465. The fourth-order valence-electron chi connectivity index (χ4n) is 1.92. The van der Waals surface area contributed by atoms with Gasteiger partial charge in [0.2, 0.25) is 0 Å². The molecule has 0 radical (unpaired) electrons. The van der Waals surface area contributed by atoms with Crippen LogP contribution in [-0.2, 0) is 18.0 Å². The summed E-state index contributed by atoms with van der Waals surface area (Å²) in [6.07, 6.45) is 0.0862. The van der Waals surface area contributed by atoms with E-state index in [1.54, 1.807) is 21.3 Å². The van der Waals surface area contributed by atoms with Crippen LogP contribution in [0.3, 0.4) is 0 Å². The second-order valence-electron chi connectivity index (χ2n) is 4.75. The number of hydrogen-bond donors (Lipinski definition) is 1. The summed E-state index contributed by atoms with van der Waals surface area (Å²) in [5.74, 6) is 0.734. The van der Waals surface area contributed by atoms with Crippen LogP contribution in [0.4, 0.5) is 0 Å². The van der Waals surface area contributed by atoms with Crippen LogP contribution in [0.25, 0.3) is 0 Å². The van der Waals surface area contributed by atoms with Crippen LogP contribution >= 0.6 is 0 Å². The third-order valence-electron chi connectivity index (χ3n) is 3.20. The molecule has 0 aliphatic rings. The first-order chi connectivity index (χ1) is 10.7. The van der Waals surface area contributed by atoms with Crippen molar-refractivity contribution < 1.29 is 27.9 Å². The fraction of sp³-hybridized carbons (Fsp3) is 0.600. The highest BCUT2D eigenvalue weighted by atomic mass is 28.4. The Morgan fingerprint density at radius 2 is 1.64 bits per heavy atom. The van der Waals surface area contributed by atoms with E-state index in [0.717, 1.165) is 12.2 Å². The Balaban J connectivity index is 2.11. The van der Waals surface area contributed by atoms with Crippen LogP contribution in [0.15, 0.2) is 30.3 Å². The Bertz CT molecular complexity index is 377. The lowest BCUT2D eigenvalue weighted by Gasteiger charge is -2.24. The molecule has 0 amide bonds. The summed E-state index contributed by atoms with van der Waals surface area (Å²) in [5.41, 5.74) is 0. The van der Waals surface area contributed by atoms with Gasteiger partial charge in [0, 0.05) is 34.0 Å². The molecule has 1 atom stereocenters. The zero-order chi connectivity index (χ0) is 16.3. The van der Waals surface area contributed by atoms with Crippen molar-refractivity contribution in [3.05, 3.63) is 30.3 Å². The molecule has 0 saturated heterocycles. The summed E-state index contributed by atoms with van der Waals surface area (Å²) in [6, 6.07) is 10.0. The predicted octanol–water partition coefficient (Wildman–Crippen LogP) is 1.71. The van der Waals surface area contributed by atoms with E-state index in [4.69, 9.17) is 22.8 Å². The Morgan fingerprint density at radius 1 is 1.00 bits per heavy atom. The maximum absolute atomic E-state index is 9.79. The van der Waals surface area contributed by atoms with E-state index in [0.29, 0.717) is 12.7 Å². The van der Waals surface area contributed by atoms with E-state index in [1.165, 1.54) is 0 Å². The van der Waals surface area contributed by atoms with E-state index in [2.05, 4.69) is 0 Å². The maximum Gasteiger partial charge on any atom is 0.500 e. The number of rotatable bonds is 12. The van der Waals surface area contributed by atoms with Gasteiger partial charge in [-0.15, -0.1) is 0 Å². The molecule has 1 N–H and O–H groups in total. The summed E-state index contributed by atoms with van der Waals surface area (Å²) in [5, 5.41) is 9.79. The van der Waals surface area contributed by atoms with Crippen molar-refractivity contribution >= 4 is 8.80 Å². The average Bonchev–Trinajstić information content (AvgIpc) is 2.58. The summed E-state index contributed by atoms with van der Waals surface area (Å²) in [4.78, 5) is 0. The van der Waals surface area contributed by atoms with Crippen molar-refractivity contribution in [1.82, 2.24) is 0 Å². The van der Waals surface area contributed by atoms with E-state index in [1.807, 2.05) is 30.3 Å². The van der Waals surface area contributed by atoms with E-state index in [9.17, 15) is 5.11 Å². The van der Waals surface area contributed by atoms with Gasteiger partial charge in [-0.2, -0.15) is 0 Å². The van der Waals surface area contributed by atoms with Gasteiger partial charge in [0.15, 0.2) is 0 Å². The van der Waals surface area contributed by atoms with E-state index in [-0.39, 0.29) is 13.2 Å². The zero-order valence-corrected chi connectivity index (χ0v) is 14.5. The highest BCUT2D eigenvalue weighted by Crippen LogP contribution is 2.15. The monoisotopic (exact) mass is 330 g/mol. The van der Waals surface area contributed by atoms with Crippen molar-refractivity contribution in [1.29, 1.82) is 0 Å². The second kappa shape index (κ2) is 10.7. The molecule has 7 heteroatoms. The van der Waals surface area contributed by atoms with Gasteiger partial charge < -0.3 is 27.9 Å². The van der Waals surface area contributed by atoms with Gasteiger partial charge in [0.25, 0.3) is 0 Å². The Morgan fingerprint density at radius 3 is 2.23 bits per heavy atom. The summed E-state index contributed by atoms with van der Waals surface area (Å²) in [6.45, 7) is 0.943. The van der Waals surface area contributed by atoms with Crippen LogP contribution in [0.2, 0.25) is 6.04 Å². The lowest BCUT2D eigenvalue weighted by molar-refractivity contribution is 0.0111. The first-order valence-electron chi connectivity index (χ1n) is 7.25. The highest BCUT2D eigenvalue weighted by Gasteiger charge is 2.36. The van der Waals surface area contributed by atoms with E-state index < -0.39 is 14.9 Å². The smallest absolute Gasteiger partial charge is 0.491 e. The lowest BCUT2D eigenvalue weighted by atomic mass is 10.3. The zero-order valence-electron chi connectivity index (χ0n) is 13.5. The average molecular weight is 330 g/mol. The number of ether oxygens (including phenoxy) is 2. The standard InChI is InChI=1S/C15H26O6Si/c1-17-22(18-2,19-3)11-7-10-20-12-14(16)13-21-15-8-5-4-6-9-15/h4-6,8-9,14,16H,7,10-13H2,1-3H3. The van der Waals surface area contributed by atoms with Crippen molar-refractivity contribution in [2.75, 3.05) is 41.2 Å². The molecule has 1 aromatic rings. The molecule has 0 saturated carbocycles. The third-order valence-corrected chi connectivity index (χ3v) is 6.03. The topological polar surface area (TPSA) is 66.4 Å². The molecule has 1 aromatic carbocycles. The Hall–Kier alpha value is -0.963. The summed E-state index contributed by atoms with van der Waals surface area (Å²) in [7, 11) is 2.24. The molecular weight excluding hydrogens is 304 g/mol. The first-order valence-corrected chi connectivity index (χ1v) is 9.18. The largest absolute Gasteiger partial charge is 0.500 e. The molecule has 0 fully saturated rings. The molecule has 6 nitrogen and oxygen atoms in total. The van der Waals surface area contributed by atoms with Crippen molar-refractivity contribution in [3.8, 4) is 5.75 Å². The van der Waals surface area contributed by atoms with Crippen LogP contribution < -0.4 is 4.74 Å². The van der Waals surface area contributed by atoms with Gasteiger partial charge in [0.1, 0.15) is 18.5 Å². The van der Waals surface area contributed by atoms with Crippen molar-refractivity contribution in [3.63, 3.8) is 0 Å². The van der Waals surface area contributed by atoms with Gasteiger partial charge in [-0.3, -0.25) is 0 Å². The van der Waals surface area contributed by atoms with Crippen molar-refractivity contribution in [2.24, 2.45) is 0 Å². The SMILES string of the molecule is CO[Si](CCCOCC(O)COc1ccccc1)(OC)OC. The summed E-state index contributed by atoms with van der Waals surface area (Å²) >= 11 is 0. The Labute approximate surface area is 133 Å². The lowest BCUT2D eigenvalue weighted by Crippen LogP contribution is -2.42. The number of hydrogen-bond acceptors (Lipinski definition) is 6. The minimum atomic E-state index is -2.52. The normalized spacial score (nSPS) is 13.1. The molecule has 0 bridgehead atoms. The molecular formula is C15H26O6Si. The van der Waals surface area contributed by atoms with Crippen molar-refractivity contribution in [2.45, 2.75) is 18.6 Å². The van der Waals surface area contributed by atoms with Crippen LogP contribution in [0.1, 0.15) is 6.42 Å². The second-order valence-corrected chi connectivity index (χ2v) is 7.84. The van der Waals surface area contributed by atoms with Crippen LogP contribution in [0, 0.1) is 0 Å². The fourth-order valence-corrected chi connectivity index (χ4v) is 3.61. The van der Waals surface area contributed by atoms with Crippen LogP contribution in [0.5, 0.6) is 5.75 Å². The number of aliphatic hydroxyl groups excluding tert-OH is 1. The third kappa shape index (κ3) is 6.86. The maximum atomic E-state index is 9.79. The van der Waals surface area contributed by atoms with E-state index >= 15 is 0 Å². The minimum Gasteiger partial charge on any atom is -0.491 e. The van der Waals surface area contributed by atoms with Gasteiger partial charge in [-0.05, 0) is 18.6 Å². The first kappa shape index (κ1) is 19.1. The van der Waals surface area contributed by atoms with Gasteiger partial charge in [0.05, 0.1) is 6.61 Å². The van der Waals surface area contributed by atoms with Gasteiger partial charge in [-0.1, -0.05) is 18.2 Å². The minimum absolute atomic E-state index is 0.205. The predicted molar refractivity (Wildman–Crippen MR) is 85.0 cm³/mol. The van der Waals surface area contributed by atoms with Crippen LogP contribution in [-0.4, -0.2) is 61.2 Å². The summed E-state index contributed by atoms with van der Waals surface area (Å²) < 4.78 is 26.8. The molecule has 1 unspecified atom stereocenters. The Kier molecular flexibility index (Phi) is 9.29. The molecule has 0 aliphatic heterocycles.